The van der Waals surface area contributed by atoms with Crippen LogP contribution >= 0.6 is 11.6 Å². The van der Waals surface area contributed by atoms with Gasteiger partial charge in [0.15, 0.2) is 23.0 Å². The molecule has 0 aliphatic heterocycles. The van der Waals surface area contributed by atoms with Gasteiger partial charge in [0.2, 0.25) is 6.79 Å². The Kier molecular flexibility index (Phi) is 10.9. The summed E-state index contributed by atoms with van der Waals surface area (Å²) in [5.41, 5.74) is 2.07. The van der Waals surface area contributed by atoms with E-state index in [1.807, 2.05) is 61.5 Å². The van der Waals surface area contributed by atoms with Crippen molar-refractivity contribution in [2.24, 2.45) is 5.92 Å². The molecular weight excluding hydrogens is 522 g/mol. The summed E-state index contributed by atoms with van der Waals surface area (Å²) in [6, 6.07) is 18.9. The topological polar surface area (TPSA) is 101 Å². The van der Waals surface area contributed by atoms with Crippen LogP contribution in [-0.2, 0) is 25.5 Å². The molecule has 0 spiro atoms. The molecule has 1 aromatic heterocycles. The number of carbonyl (C=O) groups is 3. The van der Waals surface area contributed by atoms with E-state index in [0.717, 1.165) is 11.1 Å². The highest BCUT2D eigenvalue weighted by Crippen LogP contribution is 2.32. The number of rotatable bonds is 13. The van der Waals surface area contributed by atoms with Gasteiger partial charge in [-0.15, -0.1) is 0 Å². The number of aromatic nitrogens is 1. The standard InChI is InChI=1S/C30H32ClNO7/c1-19(16-26(34)28-29(38-18-37-21(3)33)27(36-4)14-15-32-28)30(35)39-20(2)25(23-8-6-5-7-9-23)17-22-10-12-24(31)13-11-22/h5-15,19-20,25H,16-18H2,1-4H3/t19-,20+,25+/m1/s1. The van der Waals surface area contributed by atoms with Gasteiger partial charge in [-0.05, 0) is 36.6 Å². The Labute approximate surface area is 233 Å². The Balaban J connectivity index is 1.71. The zero-order chi connectivity index (χ0) is 28.4. The maximum absolute atomic E-state index is 13.1. The third-order valence-electron chi connectivity index (χ3n) is 6.18. The second-order valence-electron chi connectivity index (χ2n) is 9.11. The highest BCUT2D eigenvalue weighted by Gasteiger charge is 2.28. The molecular formula is C30H32ClNO7. The van der Waals surface area contributed by atoms with Crippen molar-refractivity contribution < 1.29 is 33.3 Å². The SMILES string of the molecule is COc1ccnc(C(=O)C[C@@H](C)C(=O)O[C@@H](C)[C@H](Cc2ccc(Cl)cc2)c2ccccc2)c1OCOC(C)=O. The second kappa shape index (κ2) is 14.3. The Hall–Kier alpha value is -3.91. The number of halogens is 1. The van der Waals surface area contributed by atoms with Crippen LogP contribution < -0.4 is 9.47 Å². The Bertz CT molecular complexity index is 1260. The lowest BCUT2D eigenvalue weighted by Crippen LogP contribution is -2.28. The van der Waals surface area contributed by atoms with Gasteiger partial charge in [0, 0.05) is 36.5 Å². The molecule has 0 radical (unpaired) electrons. The quantitative estimate of drug-likeness (QED) is 0.148. The number of esters is 2. The van der Waals surface area contributed by atoms with Gasteiger partial charge in [-0.2, -0.15) is 0 Å². The predicted octanol–water partition coefficient (Wildman–Crippen LogP) is 5.81. The fourth-order valence-corrected chi connectivity index (χ4v) is 4.20. The summed E-state index contributed by atoms with van der Waals surface area (Å²) in [6.07, 6.45) is 1.41. The summed E-state index contributed by atoms with van der Waals surface area (Å²) in [7, 11) is 1.41. The molecule has 39 heavy (non-hydrogen) atoms. The lowest BCUT2D eigenvalue weighted by molar-refractivity contribution is -0.153. The van der Waals surface area contributed by atoms with E-state index in [1.165, 1.54) is 26.3 Å². The number of hydrogen-bond donors (Lipinski definition) is 0. The lowest BCUT2D eigenvalue weighted by Gasteiger charge is -2.26. The molecule has 8 nitrogen and oxygen atoms in total. The molecule has 3 aromatic rings. The molecule has 0 bridgehead atoms. The number of ketones is 1. The van der Waals surface area contributed by atoms with Crippen molar-refractivity contribution in [2.75, 3.05) is 13.9 Å². The predicted molar refractivity (Wildman–Crippen MR) is 146 cm³/mol. The third kappa shape index (κ3) is 8.55. The van der Waals surface area contributed by atoms with E-state index < -0.39 is 36.5 Å². The zero-order valence-corrected chi connectivity index (χ0v) is 23.1. The van der Waals surface area contributed by atoms with Crippen molar-refractivity contribution in [2.45, 2.75) is 45.6 Å². The number of carbonyl (C=O) groups excluding carboxylic acids is 3. The lowest BCUT2D eigenvalue weighted by atomic mass is 9.88. The molecule has 0 unspecified atom stereocenters. The average Bonchev–Trinajstić information content (AvgIpc) is 2.92. The smallest absolute Gasteiger partial charge is 0.309 e. The summed E-state index contributed by atoms with van der Waals surface area (Å²) in [5, 5.41) is 0.651. The molecule has 0 saturated heterocycles. The number of methoxy groups -OCH3 is 1. The van der Waals surface area contributed by atoms with Gasteiger partial charge in [-0.1, -0.05) is 61.0 Å². The number of nitrogens with zero attached hydrogens (tertiary/aromatic N) is 1. The molecule has 206 valence electrons. The summed E-state index contributed by atoms with van der Waals surface area (Å²) in [6.45, 7) is 4.30. The molecule has 0 aliphatic rings. The van der Waals surface area contributed by atoms with Crippen LogP contribution in [0.15, 0.2) is 66.9 Å². The highest BCUT2D eigenvalue weighted by molar-refractivity contribution is 6.30. The van der Waals surface area contributed by atoms with Gasteiger partial charge in [0.25, 0.3) is 0 Å². The number of ether oxygens (including phenoxy) is 4. The van der Waals surface area contributed by atoms with E-state index in [1.54, 1.807) is 6.92 Å². The molecule has 0 fully saturated rings. The van der Waals surface area contributed by atoms with Crippen molar-refractivity contribution in [1.29, 1.82) is 0 Å². The summed E-state index contributed by atoms with van der Waals surface area (Å²) in [5.74, 6) is -2.06. The summed E-state index contributed by atoms with van der Waals surface area (Å²) < 4.78 is 21.4. The maximum Gasteiger partial charge on any atom is 0.309 e. The minimum Gasteiger partial charge on any atom is -0.493 e. The van der Waals surface area contributed by atoms with Gasteiger partial charge in [-0.3, -0.25) is 14.4 Å². The van der Waals surface area contributed by atoms with E-state index in [9.17, 15) is 14.4 Å². The van der Waals surface area contributed by atoms with Gasteiger partial charge in [-0.25, -0.2) is 4.98 Å². The van der Waals surface area contributed by atoms with Crippen LogP contribution in [0.4, 0.5) is 0 Å². The minimum absolute atomic E-state index is 0.0286. The fourth-order valence-electron chi connectivity index (χ4n) is 4.07. The monoisotopic (exact) mass is 553 g/mol. The van der Waals surface area contributed by atoms with Gasteiger partial charge in [0.1, 0.15) is 6.10 Å². The molecule has 0 saturated carbocycles. The van der Waals surface area contributed by atoms with Crippen molar-refractivity contribution in [3.8, 4) is 11.5 Å². The van der Waals surface area contributed by atoms with Crippen molar-refractivity contribution >= 4 is 29.3 Å². The molecule has 3 atom stereocenters. The van der Waals surface area contributed by atoms with Crippen LogP contribution in [0, 0.1) is 5.92 Å². The first-order valence-corrected chi connectivity index (χ1v) is 12.9. The van der Waals surface area contributed by atoms with Crippen molar-refractivity contribution in [1.82, 2.24) is 4.98 Å². The zero-order valence-electron chi connectivity index (χ0n) is 22.4. The van der Waals surface area contributed by atoms with Crippen LogP contribution in [0.5, 0.6) is 11.5 Å². The van der Waals surface area contributed by atoms with E-state index in [-0.39, 0.29) is 29.5 Å². The van der Waals surface area contributed by atoms with Gasteiger partial charge >= 0.3 is 11.9 Å². The van der Waals surface area contributed by atoms with Gasteiger partial charge in [0.05, 0.1) is 13.0 Å². The van der Waals surface area contributed by atoms with Crippen LogP contribution in [0.2, 0.25) is 5.02 Å². The fraction of sp³-hybridized carbons (Fsp3) is 0.333. The molecule has 0 N–H and O–H groups in total. The van der Waals surface area contributed by atoms with Crippen molar-refractivity contribution in [3.63, 3.8) is 0 Å². The minimum atomic E-state index is -0.749. The van der Waals surface area contributed by atoms with E-state index in [2.05, 4.69) is 4.98 Å². The highest BCUT2D eigenvalue weighted by atomic mass is 35.5. The van der Waals surface area contributed by atoms with Crippen molar-refractivity contribution in [3.05, 3.63) is 88.7 Å². The largest absolute Gasteiger partial charge is 0.493 e. The van der Waals surface area contributed by atoms with E-state index in [0.29, 0.717) is 11.4 Å². The number of benzene rings is 2. The summed E-state index contributed by atoms with van der Waals surface area (Å²) >= 11 is 6.05. The van der Waals surface area contributed by atoms with Crippen LogP contribution in [0.1, 0.15) is 54.7 Å². The van der Waals surface area contributed by atoms with Crippen LogP contribution in [-0.4, -0.2) is 42.7 Å². The average molecular weight is 554 g/mol. The first-order chi connectivity index (χ1) is 18.7. The Morgan fingerprint density at radius 1 is 0.974 bits per heavy atom. The van der Waals surface area contributed by atoms with Crippen LogP contribution in [0.25, 0.3) is 0 Å². The number of hydrogen-bond acceptors (Lipinski definition) is 8. The first-order valence-electron chi connectivity index (χ1n) is 12.5. The molecule has 3 rings (SSSR count). The maximum atomic E-state index is 13.1. The second-order valence-corrected chi connectivity index (χ2v) is 9.54. The van der Waals surface area contributed by atoms with E-state index >= 15 is 0 Å². The first kappa shape index (κ1) is 29.6. The molecule has 2 aromatic carbocycles. The van der Waals surface area contributed by atoms with Crippen LogP contribution in [0.3, 0.4) is 0 Å². The molecule has 9 heteroatoms. The third-order valence-corrected chi connectivity index (χ3v) is 6.43. The molecule has 0 amide bonds. The van der Waals surface area contributed by atoms with E-state index in [4.69, 9.17) is 30.5 Å². The number of pyridine rings is 1. The Morgan fingerprint density at radius 2 is 1.67 bits per heavy atom. The molecule has 0 aliphatic carbocycles. The summed E-state index contributed by atoms with van der Waals surface area (Å²) in [4.78, 5) is 41.4. The molecule has 1 heterocycles. The van der Waals surface area contributed by atoms with Gasteiger partial charge < -0.3 is 18.9 Å². The normalized spacial score (nSPS) is 13.1. The number of Topliss-reactive ketones (excluding diaryl/α,β-unsaturated/α-hetero) is 1. The Morgan fingerprint density at radius 3 is 2.31 bits per heavy atom.